The summed E-state index contributed by atoms with van der Waals surface area (Å²) in [6.45, 7) is 7.81. The Morgan fingerprint density at radius 1 is 1.00 bits per heavy atom. The second-order valence-corrected chi connectivity index (χ2v) is 10.1. The van der Waals surface area contributed by atoms with Crippen LogP contribution in [0.2, 0.25) is 0 Å². The zero-order valence-corrected chi connectivity index (χ0v) is 19.9. The lowest BCUT2D eigenvalue weighted by Crippen LogP contribution is -2.46. The second-order valence-electron chi connectivity index (χ2n) is 8.33. The minimum absolute atomic E-state index is 0.00321. The average Bonchev–Trinajstić information content (AvgIpc) is 2.79. The summed E-state index contributed by atoms with van der Waals surface area (Å²) in [5.41, 5.74) is 2.57. The molecule has 7 nitrogen and oxygen atoms in total. The van der Waals surface area contributed by atoms with E-state index >= 15 is 0 Å². The molecule has 0 bridgehead atoms. The van der Waals surface area contributed by atoms with Gasteiger partial charge in [0.2, 0.25) is 15.9 Å². The number of piperazine rings is 1. The number of unbranched alkanes of at least 4 members (excludes halogenated alkanes) is 1. The molecule has 0 spiro atoms. The molecular weight excluding hydrogens is 443 g/mol. The lowest BCUT2D eigenvalue weighted by Gasteiger charge is -2.36. The lowest BCUT2D eigenvalue weighted by atomic mass is 10.2. The standard InChI is InChI=1S/C24H33FN4O3S/c1-20-5-4-6-22(19-20)29-17-15-28(16-18-29)14-3-2-12-26-24(30)11-13-27-33(31,32)23-9-7-21(25)8-10-23/h4-10,19,27H,2-3,11-18H2,1H3,(H,26,30). The Labute approximate surface area is 196 Å². The van der Waals surface area contributed by atoms with Crippen molar-refractivity contribution < 1.29 is 17.6 Å². The van der Waals surface area contributed by atoms with E-state index in [2.05, 4.69) is 51.0 Å². The molecule has 1 aliphatic heterocycles. The summed E-state index contributed by atoms with van der Waals surface area (Å²) in [6, 6.07) is 13.2. The normalized spacial score (nSPS) is 14.9. The van der Waals surface area contributed by atoms with Crippen LogP contribution in [0.1, 0.15) is 24.8 Å². The van der Waals surface area contributed by atoms with Crippen molar-refractivity contribution in [1.82, 2.24) is 14.9 Å². The van der Waals surface area contributed by atoms with Crippen LogP contribution in [0.3, 0.4) is 0 Å². The summed E-state index contributed by atoms with van der Waals surface area (Å²) in [5.74, 6) is -0.693. The number of nitrogens with zero attached hydrogens (tertiary/aromatic N) is 2. The molecular formula is C24H33FN4O3S. The van der Waals surface area contributed by atoms with Gasteiger partial charge in [-0.1, -0.05) is 12.1 Å². The van der Waals surface area contributed by atoms with Crippen molar-refractivity contribution in [2.24, 2.45) is 0 Å². The molecule has 0 aliphatic carbocycles. The van der Waals surface area contributed by atoms with Crippen LogP contribution in [0, 0.1) is 12.7 Å². The Morgan fingerprint density at radius 2 is 1.73 bits per heavy atom. The first-order valence-corrected chi connectivity index (χ1v) is 12.9. The molecule has 2 N–H and O–H groups in total. The molecule has 0 atom stereocenters. The van der Waals surface area contributed by atoms with Crippen LogP contribution in [-0.4, -0.2) is 65.0 Å². The molecule has 1 amide bonds. The maximum atomic E-state index is 12.9. The monoisotopic (exact) mass is 476 g/mol. The highest BCUT2D eigenvalue weighted by Gasteiger charge is 2.17. The second kappa shape index (κ2) is 12.1. The first kappa shape index (κ1) is 25.1. The van der Waals surface area contributed by atoms with E-state index in [-0.39, 0.29) is 23.8 Å². The summed E-state index contributed by atoms with van der Waals surface area (Å²) in [6.07, 6.45) is 1.94. The molecule has 1 heterocycles. The van der Waals surface area contributed by atoms with Gasteiger partial charge in [0.1, 0.15) is 5.82 Å². The summed E-state index contributed by atoms with van der Waals surface area (Å²) in [4.78, 5) is 16.8. The van der Waals surface area contributed by atoms with Crippen LogP contribution in [0.25, 0.3) is 0 Å². The Morgan fingerprint density at radius 3 is 2.42 bits per heavy atom. The Bertz CT molecular complexity index is 1010. The fourth-order valence-electron chi connectivity index (χ4n) is 3.83. The number of amides is 1. The van der Waals surface area contributed by atoms with Crippen molar-refractivity contribution in [1.29, 1.82) is 0 Å². The highest BCUT2D eigenvalue weighted by Crippen LogP contribution is 2.18. The third-order valence-electron chi connectivity index (χ3n) is 5.73. The van der Waals surface area contributed by atoms with Crippen LogP contribution >= 0.6 is 0 Å². The fraction of sp³-hybridized carbons (Fsp3) is 0.458. The third-order valence-corrected chi connectivity index (χ3v) is 7.21. The molecule has 9 heteroatoms. The zero-order chi connectivity index (χ0) is 23.7. The summed E-state index contributed by atoms with van der Waals surface area (Å²) in [7, 11) is -3.74. The van der Waals surface area contributed by atoms with Gasteiger partial charge in [0.25, 0.3) is 0 Å². The Balaban J connectivity index is 1.24. The molecule has 0 radical (unpaired) electrons. The molecule has 2 aromatic carbocycles. The number of halogens is 1. The Hall–Kier alpha value is -2.49. The maximum Gasteiger partial charge on any atom is 0.240 e. The van der Waals surface area contributed by atoms with Crippen LogP contribution in [-0.2, 0) is 14.8 Å². The van der Waals surface area contributed by atoms with Crippen molar-refractivity contribution in [3.63, 3.8) is 0 Å². The zero-order valence-electron chi connectivity index (χ0n) is 19.1. The van der Waals surface area contributed by atoms with Crippen molar-refractivity contribution in [3.05, 3.63) is 59.9 Å². The van der Waals surface area contributed by atoms with Crippen LogP contribution in [0.15, 0.2) is 53.4 Å². The van der Waals surface area contributed by atoms with E-state index in [4.69, 9.17) is 0 Å². The number of benzene rings is 2. The topological polar surface area (TPSA) is 81.8 Å². The van der Waals surface area contributed by atoms with Crippen molar-refractivity contribution >= 4 is 21.6 Å². The molecule has 1 saturated heterocycles. The summed E-state index contributed by atoms with van der Waals surface area (Å²) < 4.78 is 39.5. The van der Waals surface area contributed by atoms with E-state index in [0.29, 0.717) is 6.54 Å². The predicted octanol–water partition coefficient (Wildman–Crippen LogP) is 2.52. The van der Waals surface area contributed by atoms with Gasteiger partial charge >= 0.3 is 0 Å². The van der Waals surface area contributed by atoms with Crippen molar-refractivity contribution in [3.8, 4) is 0 Å². The van der Waals surface area contributed by atoms with Crippen LogP contribution in [0.5, 0.6) is 0 Å². The number of nitrogens with one attached hydrogen (secondary N) is 2. The molecule has 2 aromatic rings. The molecule has 33 heavy (non-hydrogen) atoms. The maximum absolute atomic E-state index is 12.9. The van der Waals surface area contributed by atoms with Gasteiger partial charge in [0, 0.05) is 51.4 Å². The van der Waals surface area contributed by atoms with Gasteiger partial charge in [-0.05, 0) is 68.3 Å². The minimum Gasteiger partial charge on any atom is -0.369 e. The largest absolute Gasteiger partial charge is 0.369 e. The smallest absolute Gasteiger partial charge is 0.240 e. The first-order valence-electron chi connectivity index (χ1n) is 11.4. The molecule has 0 aromatic heterocycles. The molecule has 3 rings (SSSR count). The van der Waals surface area contributed by atoms with E-state index in [0.717, 1.165) is 57.7 Å². The molecule has 0 unspecified atom stereocenters. The van der Waals surface area contributed by atoms with Crippen molar-refractivity contribution in [2.45, 2.75) is 31.1 Å². The van der Waals surface area contributed by atoms with E-state index in [9.17, 15) is 17.6 Å². The number of hydrogen-bond donors (Lipinski definition) is 2. The molecule has 1 aliphatic rings. The SMILES string of the molecule is Cc1cccc(N2CCN(CCCCNC(=O)CCNS(=O)(=O)c3ccc(F)cc3)CC2)c1. The van der Waals surface area contributed by atoms with Gasteiger partial charge in [-0.2, -0.15) is 0 Å². The van der Waals surface area contributed by atoms with Gasteiger partial charge < -0.3 is 10.2 Å². The third kappa shape index (κ3) is 8.10. The van der Waals surface area contributed by atoms with Crippen LogP contribution < -0.4 is 14.9 Å². The van der Waals surface area contributed by atoms with Gasteiger partial charge in [0.15, 0.2) is 0 Å². The quantitative estimate of drug-likeness (QED) is 0.487. The first-order chi connectivity index (χ1) is 15.8. The van der Waals surface area contributed by atoms with Gasteiger partial charge in [-0.15, -0.1) is 0 Å². The predicted molar refractivity (Wildman–Crippen MR) is 128 cm³/mol. The Kier molecular flexibility index (Phi) is 9.22. The molecule has 0 saturated carbocycles. The van der Waals surface area contributed by atoms with E-state index in [1.165, 1.54) is 23.4 Å². The lowest BCUT2D eigenvalue weighted by molar-refractivity contribution is -0.120. The highest BCUT2D eigenvalue weighted by atomic mass is 32.2. The van der Waals surface area contributed by atoms with E-state index in [1.807, 2.05) is 0 Å². The molecule has 1 fully saturated rings. The minimum atomic E-state index is -3.74. The number of hydrogen-bond acceptors (Lipinski definition) is 5. The van der Waals surface area contributed by atoms with Gasteiger partial charge in [-0.3, -0.25) is 9.69 Å². The number of carbonyl (C=O) groups excluding carboxylic acids is 1. The summed E-state index contributed by atoms with van der Waals surface area (Å²) in [5, 5.41) is 2.84. The number of aryl methyl sites for hydroxylation is 1. The van der Waals surface area contributed by atoms with Crippen LogP contribution in [0.4, 0.5) is 10.1 Å². The number of carbonyl (C=O) groups is 1. The number of sulfonamides is 1. The summed E-state index contributed by atoms with van der Waals surface area (Å²) >= 11 is 0. The molecule has 180 valence electrons. The number of anilines is 1. The highest BCUT2D eigenvalue weighted by molar-refractivity contribution is 7.89. The average molecular weight is 477 g/mol. The van der Waals surface area contributed by atoms with E-state index < -0.39 is 15.8 Å². The van der Waals surface area contributed by atoms with E-state index in [1.54, 1.807) is 0 Å². The van der Waals surface area contributed by atoms with Gasteiger partial charge in [-0.25, -0.2) is 17.5 Å². The van der Waals surface area contributed by atoms with Gasteiger partial charge in [0.05, 0.1) is 4.90 Å². The fourth-order valence-corrected chi connectivity index (χ4v) is 4.86. The van der Waals surface area contributed by atoms with Crippen molar-refractivity contribution in [2.75, 3.05) is 50.7 Å². The number of rotatable bonds is 11.